The van der Waals surface area contributed by atoms with Crippen LogP contribution >= 0.6 is 0 Å². The van der Waals surface area contributed by atoms with E-state index in [1.165, 1.54) is 36.6 Å². The van der Waals surface area contributed by atoms with Gasteiger partial charge in [0.2, 0.25) is 0 Å². The van der Waals surface area contributed by atoms with Crippen LogP contribution in [0.3, 0.4) is 0 Å². The van der Waals surface area contributed by atoms with Crippen LogP contribution in [0.2, 0.25) is 0 Å². The fourth-order valence-corrected chi connectivity index (χ4v) is 3.34. The van der Waals surface area contributed by atoms with Gasteiger partial charge in [-0.05, 0) is 31.2 Å². The summed E-state index contributed by atoms with van der Waals surface area (Å²) in [5.41, 5.74) is 2.83. The van der Waals surface area contributed by atoms with Crippen LogP contribution < -0.4 is 5.32 Å². The van der Waals surface area contributed by atoms with Crippen molar-refractivity contribution in [2.24, 2.45) is 5.41 Å². The lowest BCUT2D eigenvalue weighted by molar-refractivity contribution is 0.314. The molecule has 0 saturated heterocycles. The maximum Gasteiger partial charge on any atom is 0.134 e. The smallest absolute Gasteiger partial charge is 0.134 e. The van der Waals surface area contributed by atoms with E-state index in [1.807, 2.05) is 12.1 Å². The largest absolute Gasteiger partial charge is 0.461 e. The number of fused-ring (bicyclic) bond motifs is 1. The zero-order chi connectivity index (χ0) is 13.3. The summed E-state index contributed by atoms with van der Waals surface area (Å²) < 4.78 is 5.81. The van der Waals surface area contributed by atoms with Gasteiger partial charge < -0.3 is 9.73 Å². The van der Waals surface area contributed by atoms with Crippen LogP contribution in [0.5, 0.6) is 0 Å². The number of benzene rings is 1. The minimum absolute atomic E-state index is 0.507. The minimum atomic E-state index is 0.507. The summed E-state index contributed by atoms with van der Waals surface area (Å²) in [6.45, 7) is 6.51. The average Bonchev–Trinajstić information content (AvgIpc) is 2.95. The van der Waals surface area contributed by atoms with Gasteiger partial charge in [0.25, 0.3) is 0 Å². The molecule has 0 spiro atoms. The molecular formula is C17H23NO. The molecule has 1 aliphatic rings. The minimum Gasteiger partial charge on any atom is -0.461 e. The van der Waals surface area contributed by atoms with Crippen LogP contribution in [0.25, 0.3) is 11.0 Å². The van der Waals surface area contributed by atoms with Crippen LogP contribution in [0, 0.1) is 12.3 Å². The third-order valence-electron chi connectivity index (χ3n) is 4.56. The summed E-state index contributed by atoms with van der Waals surface area (Å²) in [5.74, 6) is 1.05. The van der Waals surface area contributed by atoms with Gasteiger partial charge in [0.1, 0.15) is 11.3 Å². The zero-order valence-corrected chi connectivity index (χ0v) is 12.0. The molecule has 1 fully saturated rings. The molecule has 1 heterocycles. The highest BCUT2D eigenvalue weighted by Gasteiger charge is 2.28. The lowest BCUT2D eigenvalue weighted by atomic mass is 9.89. The lowest BCUT2D eigenvalue weighted by Gasteiger charge is -2.23. The van der Waals surface area contributed by atoms with Gasteiger partial charge in [-0.25, -0.2) is 0 Å². The Kier molecular flexibility index (Phi) is 3.36. The molecule has 102 valence electrons. The van der Waals surface area contributed by atoms with Gasteiger partial charge in [-0.2, -0.15) is 0 Å². The van der Waals surface area contributed by atoms with E-state index >= 15 is 0 Å². The maximum absolute atomic E-state index is 5.81. The van der Waals surface area contributed by atoms with Crippen molar-refractivity contribution in [3.63, 3.8) is 0 Å². The van der Waals surface area contributed by atoms with Crippen molar-refractivity contribution in [2.75, 3.05) is 6.54 Å². The molecule has 19 heavy (non-hydrogen) atoms. The van der Waals surface area contributed by atoms with Crippen LogP contribution in [0.15, 0.2) is 28.7 Å². The molecular weight excluding hydrogens is 234 g/mol. The summed E-state index contributed by atoms with van der Waals surface area (Å²) in [4.78, 5) is 0. The van der Waals surface area contributed by atoms with E-state index < -0.39 is 0 Å². The third-order valence-corrected chi connectivity index (χ3v) is 4.56. The first-order chi connectivity index (χ1) is 9.18. The number of furan rings is 1. The van der Waals surface area contributed by atoms with Crippen LogP contribution in [0.4, 0.5) is 0 Å². The summed E-state index contributed by atoms with van der Waals surface area (Å²) in [5, 5.41) is 4.90. The number of para-hydroxylation sites is 1. The normalized spacial score (nSPS) is 18.2. The Labute approximate surface area is 115 Å². The molecule has 3 rings (SSSR count). The SMILES string of the molecule is Cc1oc2ccccc2c1CNCC1(C)CCCC1. The second-order valence-electron chi connectivity index (χ2n) is 6.25. The molecule has 1 N–H and O–H groups in total. The van der Waals surface area contributed by atoms with Crippen molar-refractivity contribution in [3.05, 3.63) is 35.6 Å². The lowest BCUT2D eigenvalue weighted by Crippen LogP contribution is -2.29. The van der Waals surface area contributed by atoms with Crippen LogP contribution in [-0.4, -0.2) is 6.54 Å². The van der Waals surface area contributed by atoms with Crippen molar-refractivity contribution in [1.29, 1.82) is 0 Å². The van der Waals surface area contributed by atoms with E-state index in [0.717, 1.165) is 24.4 Å². The van der Waals surface area contributed by atoms with Gasteiger partial charge in [-0.15, -0.1) is 0 Å². The summed E-state index contributed by atoms with van der Waals surface area (Å²) in [7, 11) is 0. The molecule has 0 atom stereocenters. The molecule has 0 aliphatic heterocycles. The first-order valence-electron chi connectivity index (χ1n) is 7.36. The fraction of sp³-hybridized carbons (Fsp3) is 0.529. The Morgan fingerprint density at radius 2 is 1.95 bits per heavy atom. The van der Waals surface area contributed by atoms with Crippen molar-refractivity contribution < 1.29 is 4.42 Å². The monoisotopic (exact) mass is 257 g/mol. The number of rotatable bonds is 4. The Morgan fingerprint density at radius 3 is 2.74 bits per heavy atom. The predicted octanol–water partition coefficient (Wildman–Crippen LogP) is 4.41. The fourth-order valence-electron chi connectivity index (χ4n) is 3.34. The number of nitrogens with one attached hydrogen (secondary N) is 1. The molecule has 0 bridgehead atoms. The Morgan fingerprint density at radius 1 is 1.21 bits per heavy atom. The first kappa shape index (κ1) is 12.7. The van der Waals surface area contributed by atoms with E-state index in [2.05, 4.69) is 31.3 Å². The van der Waals surface area contributed by atoms with E-state index in [-0.39, 0.29) is 0 Å². The number of aryl methyl sites for hydroxylation is 1. The van der Waals surface area contributed by atoms with Gasteiger partial charge in [0.05, 0.1) is 0 Å². The zero-order valence-electron chi connectivity index (χ0n) is 12.0. The van der Waals surface area contributed by atoms with Crippen molar-refractivity contribution in [3.8, 4) is 0 Å². The molecule has 0 amide bonds. The maximum atomic E-state index is 5.81. The van der Waals surface area contributed by atoms with Crippen molar-refractivity contribution >= 4 is 11.0 Å². The van der Waals surface area contributed by atoms with E-state index in [9.17, 15) is 0 Å². The van der Waals surface area contributed by atoms with Gasteiger partial charge in [0.15, 0.2) is 0 Å². The Hall–Kier alpha value is -1.28. The number of hydrogen-bond acceptors (Lipinski definition) is 2. The standard InChI is InChI=1S/C17H23NO/c1-13-15(14-7-3-4-8-16(14)19-13)11-18-12-17(2)9-5-6-10-17/h3-4,7-8,18H,5-6,9-12H2,1-2H3. The Balaban J connectivity index is 1.70. The van der Waals surface area contributed by atoms with Gasteiger partial charge in [-0.3, -0.25) is 0 Å². The molecule has 1 aliphatic carbocycles. The van der Waals surface area contributed by atoms with Crippen LogP contribution in [0.1, 0.15) is 43.9 Å². The topological polar surface area (TPSA) is 25.2 Å². The Bertz CT molecular complexity index is 564. The molecule has 0 radical (unpaired) electrons. The third kappa shape index (κ3) is 2.55. The van der Waals surface area contributed by atoms with E-state index in [0.29, 0.717) is 5.41 Å². The first-order valence-corrected chi connectivity index (χ1v) is 7.36. The molecule has 2 nitrogen and oxygen atoms in total. The average molecular weight is 257 g/mol. The highest BCUT2D eigenvalue weighted by atomic mass is 16.3. The molecule has 0 unspecified atom stereocenters. The molecule has 2 heteroatoms. The second-order valence-corrected chi connectivity index (χ2v) is 6.25. The highest BCUT2D eigenvalue weighted by molar-refractivity contribution is 5.82. The predicted molar refractivity (Wildman–Crippen MR) is 79.2 cm³/mol. The van der Waals surface area contributed by atoms with Crippen molar-refractivity contribution in [2.45, 2.75) is 46.1 Å². The van der Waals surface area contributed by atoms with Gasteiger partial charge in [-0.1, -0.05) is 38.0 Å². The van der Waals surface area contributed by atoms with Gasteiger partial charge in [0, 0.05) is 24.0 Å². The quantitative estimate of drug-likeness (QED) is 0.877. The molecule has 2 aromatic rings. The van der Waals surface area contributed by atoms with E-state index in [1.54, 1.807) is 0 Å². The van der Waals surface area contributed by atoms with Crippen LogP contribution in [-0.2, 0) is 6.54 Å². The summed E-state index contributed by atoms with van der Waals surface area (Å²) >= 11 is 0. The second kappa shape index (κ2) is 5.01. The summed E-state index contributed by atoms with van der Waals surface area (Å²) in [6, 6.07) is 8.31. The molecule has 1 aromatic carbocycles. The van der Waals surface area contributed by atoms with Gasteiger partial charge >= 0.3 is 0 Å². The number of hydrogen-bond donors (Lipinski definition) is 1. The van der Waals surface area contributed by atoms with Crippen molar-refractivity contribution in [1.82, 2.24) is 5.32 Å². The molecule has 1 saturated carbocycles. The summed E-state index contributed by atoms with van der Waals surface area (Å²) in [6.07, 6.45) is 5.52. The highest BCUT2D eigenvalue weighted by Crippen LogP contribution is 2.36. The van der Waals surface area contributed by atoms with E-state index in [4.69, 9.17) is 4.42 Å². The molecule has 1 aromatic heterocycles.